The number of amides is 3. The molecule has 2 aromatic carbocycles. The fourth-order valence-electron chi connectivity index (χ4n) is 4.99. The zero-order valence-corrected chi connectivity index (χ0v) is 28.9. The third-order valence-corrected chi connectivity index (χ3v) is 9.36. The molecular formula is C33H48N3O9P. The highest BCUT2D eigenvalue weighted by atomic mass is 31.2. The molecule has 12 nitrogen and oxygen atoms in total. The Hall–Kier alpha value is -3.92. The second-order valence-electron chi connectivity index (χ2n) is 12.4. The van der Waals surface area contributed by atoms with Crippen LogP contribution < -0.4 is 29.2 Å². The first-order valence-electron chi connectivity index (χ1n) is 15.6. The van der Waals surface area contributed by atoms with Crippen LogP contribution in [0.3, 0.4) is 0 Å². The van der Waals surface area contributed by atoms with E-state index in [2.05, 4.69) is 10.6 Å². The largest absolute Gasteiger partial charge is 0.497 e. The quantitative estimate of drug-likeness (QED) is 0.229. The number of methoxy groups -OCH3 is 2. The van der Waals surface area contributed by atoms with Gasteiger partial charge >= 0.3 is 13.7 Å². The Labute approximate surface area is 272 Å². The lowest BCUT2D eigenvalue weighted by atomic mass is 10.0. The molecule has 2 N–H and O–H groups in total. The number of nitrogens with one attached hydrogen (secondary N) is 2. The van der Waals surface area contributed by atoms with Crippen molar-refractivity contribution >= 4 is 25.5 Å². The number of benzene rings is 2. The monoisotopic (exact) mass is 661 g/mol. The zero-order chi connectivity index (χ0) is 34.1. The van der Waals surface area contributed by atoms with Crippen molar-refractivity contribution in [2.45, 2.75) is 90.7 Å². The molecule has 1 unspecified atom stereocenters. The molecule has 0 saturated carbocycles. The lowest BCUT2D eigenvalue weighted by molar-refractivity contribution is -0.141. The number of hydrogen-bond acceptors (Lipinski definition) is 9. The minimum absolute atomic E-state index is 0.263. The molecule has 3 amide bonds. The van der Waals surface area contributed by atoms with E-state index in [1.54, 1.807) is 69.3 Å². The van der Waals surface area contributed by atoms with Crippen molar-refractivity contribution in [2.75, 3.05) is 20.8 Å². The molecule has 1 heterocycles. The lowest BCUT2D eigenvalue weighted by Gasteiger charge is -2.33. The van der Waals surface area contributed by atoms with Crippen LogP contribution in [0.15, 0.2) is 48.5 Å². The molecule has 46 heavy (non-hydrogen) atoms. The Balaban J connectivity index is 1.88. The molecule has 3 atom stereocenters. The first kappa shape index (κ1) is 36.5. The maximum absolute atomic E-state index is 14.7. The number of alkyl carbamates (subject to hydrolysis) is 1. The number of carbonyl (C=O) groups excluding carboxylic acids is 3. The van der Waals surface area contributed by atoms with E-state index in [1.807, 2.05) is 20.8 Å². The number of nitrogens with zero attached hydrogens (tertiary/aromatic N) is 1. The molecule has 2 aromatic rings. The maximum atomic E-state index is 14.7. The maximum Gasteiger partial charge on any atom is 0.452 e. The van der Waals surface area contributed by atoms with Crippen molar-refractivity contribution in [1.29, 1.82) is 0 Å². The number of ether oxygens (including phenoxy) is 3. The Bertz CT molecular complexity index is 1310. The van der Waals surface area contributed by atoms with E-state index in [0.717, 1.165) is 0 Å². The SMILES string of the molecule is CCCC(NC(=O)[C@@H]1CCCN1C(=O)[C@@H](NC(=O)OC(C)(C)C)C(C)C)P(=O)(Oc1ccc(OC)cc1)Oc1ccc(OC)cc1. The summed E-state index contributed by atoms with van der Waals surface area (Å²) in [5.74, 6) is -0.497. The minimum Gasteiger partial charge on any atom is -0.497 e. The summed E-state index contributed by atoms with van der Waals surface area (Å²) in [7, 11) is -1.07. The van der Waals surface area contributed by atoms with Crippen LogP contribution in [0.1, 0.15) is 67.2 Å². The first-order valence-corrected chi connectivity index (χ1v) is 17.2. The molecule has 1 fully saturated rings. The second-order valence-corrected chi connectivity index (χ2v) is 14.5. The fraction of sp³-hybridized carbons (Fsp3) is 0.545. The predicted octanol–water partition coefficient (Wildman–Crippen LogP) is 6.14. The van der Waals surface area contributed by atoms with Gasteiger partial charge in [-0.15, -0.1) is 0 Å². The van der Waals surface area contributed by atoms with Gasteiger partial charge in [-0.05, 0) is 94.5 Å². The molecule has 1 saturated heterocycles. The Morgan fingerprint density at radius 2 is 1.39 bits per heavy atom. The zero-order valence-electron chi connectivity index (χ0n) is 28.0. The average Bonchev–Trinajstić information content (AvgIpc) is 3.49. The van der Waals surface area contributed by atoms with Gasteiger partial charge in [0.05, 0.1) is 14.2 Å². The smallest absolute Gasteiger partial charge is 0.452 e. The molecule has 13 heteroatoms. The lowest BCUT2D eigenvalue weighted by Crippen LogP contribution is -2.56. The van der Waals surface area contributed by atoms with Gasteiger partial charge in [-0.2, -0.15) is 0 Å². The van der Waals surface area contributed by atoms with Gasteiger partial charge in [-0.3, -0.25) is 9.59 Å². The van der Waals surface area contributed by atoms with Crippen molar-refractivity contribution in [2.24, 2.45) is 5.92 Å². The van der Waals surface area contributed by atoms with Gasteiger partial charge in [0.15, 0.2) is 5.78 Å². The highest BCUT2D eigenvalue weighted by Crippen LogP contribution is 2.53. The number of likely N-dealkylation sites (tertiary alicyclic amines) is 1. The molecule has 1 aliphatic rings. The molecule has 1 aliphatic heterocycles. The summed E-state index contributed by atoms with van der Waals surface area (Å²) in [5.41, 5.74) is -0.741. The highest BCUT2D eigenvalue weighted by molar-refractivity contribution is 7.55. The summed E-state index contributed by atoms with van der Waals surface area (Å²) in [6.07, 6.45) is 1.09. The predicted molar refractivity (Wildman–Crippen MR) is 174 cm³/mol. The van der Waals surface area contributed by atoms with Crippen LogP contribution in [-0.2, 0) is 18.9 Å². The Morgan fingerprint density at radius 1 is 0.891 bits per heavy atom. The van der Waals surface area contributed by atoms with Gasteiger partial charge in [0.2, 0.25) is 11.8 Å². The average molecular weight is 662 g/mol. The van der Waals surface area contributed by atoms with E-state index in [1.165, 1.54) is 19.1 Å². The van der Waals surface area contributed by atoms with Gasteiger partial charge < -0.3 is 38.8 Å². The molecule has 0 spiro atoms. The standard InChI is InChI=1S/C33H48N3O9P/c1-9-11-28(46(40,44-25-17-13-23(41-7)14-18-25)45-26-19-15-24(42-8)16-20-26)34-30(37)27-12-10-21-36(27)31(38)29(22(2)3)35-32(39)43-33(4,5)6/h13-20,22,27-29H,9-12,21H2,1-8H3,(H,34,37)(H,35,39)/t27-,28?,29-/m0/s1. The first-order chi connectivity index (χ1) is 21.7. The second kappa shape index (κ2) is 16.1. The minimum atomic E-state index is -4.14. The summed E-state index contributed by atoms with van der Waals surface area (Å²) >= 11 is 0. The third kappa shape index (κ3) is 10.0. The molecule has 0 bridgehead atoms. The summed E-state index contributed by atoms with van der Waals surface area (Å²) in [5, 5.41) is 5.58. The summed E-state index contributed by atoms with van der Waals surface area (Å²) in [6, 6.07) is 11.3. The van der Waals surface area contributed by atoms with Crippen LogP contribution in [0, 0.1) is 5.92 Å². The van der Waals surface area contributed by atoms with Gasteiger partial charge in [0.25, 0.3) is 0 Å². The summed E-state index contributed by atoms with van der Waals surface area (Å²) in [4.78, 5) is 41.7. The molecular weight excluding hydrogens is 613 g/mol. The normalized spacial score (nSPS) is 16.3. The van der Waals surface area contributed by atoms with E-state index >= 15 is 0 Å². The summed E-state index contributed by atoms with van der Waals surface area (Å²) in [6.45, 7) is 11.1. The van der Waals surface area contributed by atoms with E-state index in [9.17, 15) is 18.9 Å². The topological polar surface area (TPSA) is 142 Å². The molecule has 0 radical (unpaired) electrons. The Morgan fingerprint density at radius 3 is 1.83 bits per heavy atom. The van der Waals surface area contributed by atoms with Crippen LogP contribution in [-0.4, -0.2) is 67.0 Å². The molecule has 0 aliphatic carbocycles. The van der Waals surface area contributed by atoms with Gasteiger partial charge in [-0.25, -0.2) is 9.36 Å². The van der Waals surface area contributed by atoms with Gasteiger partial charge in [0.1, 0.15) is 40.7 Å². The van der Waals surface area contributed by atoms with Crippen LogP contribution in [0.25, 0.3) is 0 Å². The van der Waals surface area contributed by atoms with E-state index < -0.39 is 49.0 Å². The summed E-state index contributed by atoms with van der Waals surface area (Å²) < 4.78 is 42.6. The third-order valence-electron chi connectivity index (χ3n) is 7.28. The van der Waals surface area contributed by atoms with Crippen molar-refractivity contribution in [3.63, 3.8) is 0 Å². The van der Waals surface area contributed by atoms with Crippen LogP contribution in [0.4, 0.5) is 4.79 Å². The molecule has 3 rings (SSSR count). The number of hydrogen-bond donors (Lipinski definition) is 2. The molecule has 254 valence electrons. The number of carbonyl (C=O) groups is 3. The van der Waals surface area contributed by atoms with Gasteiger partial charge in [-0.1, -0.05) is 27.2 Å². The van der Waals surface area contributed by atoms with Crippen LogP contribution >= 0.6 is 7.60 Å². The van der Waals surface area contributed by atoms with Crippen molar-refractivity contribution in [1.82, 2.24) is 15.5 Å². The van der Waals surface area contributed by atoms with Crippen molar-refractivity contribution in [3.05, 3.63) is 48.5 Å². The highest BCUT2D eigenvalue weighted by Gasteiger charge is 2.44. The van der Waals surface area contributed by atoms with Crippen LogP contribution in [0.2, 0.25) is 0 Å². The van der Waals surface area contributed by atoms with E-state index in [0.29, 0.717) is 37.3 Å². The Kier molecular flexibility index (Phi) is 12.8. The van der Waals surface area contributed by atoms with Crippen molar-refractivity contribution in [3.8, 4) is 23.0 Å². The van der Waals surface area contributed by atoms with Crippen molar-refractivity contribution < 1.29 is 42.2 Å². The number of rotatable bonds is 14. The van der Waals surface area contributed by atoms with Gasteiger partial charge in [0, 0.05) is 6.54 Å². The van der Waals surface area contributed by atoms with E-state index in [4.69, 9.17) is 23.3 Å². The van der Waals surface area contributed by atoms with E-state index in [-0.39, 0.29) is 23.8 Å². The van der Waals surface area contributed by atoms with Crippen LogP contribution in [0.5, 0.6) is 23.0 Å². The molecule has 0 aromatic heterocycles. The fourth-order valence-corrected chi connectivity index (χ4v) is 6.97.